The minimum Gasteiger partial charge on any atom is -0.444 e. The smallest absolute Gasteiger partial charge is 0.278 e. The van der Waals surface area contributed by atoms with Gasteiger partial charge in [0.1, 0.15) is 11.6 Å². The maximum Gasteiger partial charge on any atom is 0.278 e. The van der Waals surface area contributed by atoms with Crippen molar-refractivity contribution in [3.63, 3.8) is 0 Å². The lowest BCUT2D eigenvalue weighted by Gasteiger charge is -2.27. The molecule has 1 N–H and O–H groups in total. The number of aryl methyl sites for hydroxylation is 1. The summed E-state index contributed by atoms with van der Waals surface area (Å²) in [5.74, 6) is 0.346. The van der Waals surface area contributed by atoms with E-state index in [-0.39, 0.29) is 11.7 Å². The third-order valence-electron chi connectivity index (χ3n) is 7.86. The van der Waals surface area contributed by atoms with Crippen LogP contribution in [0.15, 0.2) is 54.6 Å². The number of benzene rings is 3. The normalized spacial score (nSPS) is 19.3. The highest BCUT2D eigenvalue weighted by Gasteiger charge is 2.42. The maximum absolute atomic E-state index is 14.8. The maximum atomic E-state index is 14.8. The Hall–Kier alpha value is -3.37. The fourth-order valence-corrected chi connectivity index (χ4v) is 5.67. The predicted molar refractivity (Wildman–Crippen MR) is 161 cm³/mol. The molecule has 0 aliphatic carbocycles. The van der Waals surface area contributed by atoms with E-state index in [1.807, 2.05) is 18.2 Å². The first-order valence-corrected chi connectivity index (χ1v) is 14.8. The molecule has 0 radical (unpaired) electrons. The number of halogens is 2. The van der Waals surface area contributed by atoms with Crippen LogP contribution < -0.4 is 19.7 Å². The summed E-state index contributed by atoms with van der Waals surface area (Å²) in [6.07, 6.45) is 1.32. The van der Waals surface area contributed by atoms with Crippen molar-refractivity contribution in [2.24, 2.45) is 0 Å². The number of hydrogen-bond donors (Lipinski definition) is 1. The zero-order valence-corrected chi connectivity index (χ0v) is 24.9. The minimum atomic E-state index is -1.30. The minimum absolute atomic E-state index is 0.245. The first-order chi connectivity index (χ1) is 20.3. The Morgan fingerprint density at radius 3 is 2.81 bits per heavy atom. The molecule has 8 nitrogen and oxygen atoms in total. The molecule has 0 bridgehead atoms. The van der Waals surface area contributed by atoms with E-state index in [1.165, 1.54) is 11.6 Å². The monoisotopic (exact) mass is 594 g/mol. The standard InChI is InChI=1S/C32H36ClFN4O4/c1-4-37(27-6-5-7-29-31(27)42-32(3,41-29)24-10-9-22(33)17-25(24)34)13-15-39-20-35-18-30-36-26-11-8-21(2)16-28(26)38(30)19-23-12-14-40-23/h5-11,16-17,23,35H,4,12-15,18-20H2,1-3H3. The lowest BCUT2D eigenvalue weighted by atomic mass is 10.1. The highest BCUT2D eigenvalue weighted by molar-refractivity contribution is 6.30. The van der Waals surface area contributed by atoms with Crippen LogP contribution in [-0.2, 0) is 28.4 Å². The second-order valence-electron chi connectivity index (χ2n) is 10.8. The number of nitrogens with one attached hydrogen (secondary N) is 1. The van der Waals surface area contributed by atoms with Crippen LogP contribution in [0.25, 0.3) is 11.0 Å². The van der Waals surface area contributed by atoms with E-state index in [0.29, 0.717) is 42.9 Å². The van der Waals surface area contributed by atoms with Gasteiger partial charge in [0.2, 0.25) is 0 Å². The molecule has 1 aromatic heterocycles. The fourth-order valence-electron chi connectivity index (χ4n) is 5.51. The molecule has 3 aromatic carbocycles. The van der Waals surface area contributed by atoms with Crippen LogP contribution >= 0.6 is 11.6 Å². The Bertz CT molecular complexity index is 1580. The molecule has 0 amide bonds. The molecular formula is C32H36ClFN4O4. The van der Waals surface area contributed by atoms with E-state index in [1.54, 1.807) is 19.1 Å². The number of likely N-dealkylation sites (N-methyl/N-ethyl adjacent to an activating group) is 1. The Morgan fingerprint density at radius 1 is 1.19 bits per heavy atom. The van der Waals surface area contributed by atoms with E-state index in [9.17, 15) is 4.39 Å². The van der Waals surface area contributed by atoms with Crippen LogP contribution in [0.2, 0.25) is 5.02 Å². The highest BCUT2D eigenvalue weighted by Crippen LogP contribution is 2.49. The molecule has 0 spiro atoms. The third-order valence-corrected chi connectivity index (χ3v) is 8.09. The second-order valence-corrected chi connectivity index (χ2v) is 11.3. The molecule has 6 rings (SSSR count). The molecule has 3 heterocycles. The van der Waals surface area contributed by atoms with Crippen LogP contribution in [0, 0.1) is 12.7 Å². The summed E-state index contributed by atoms with van der Waals surface area (Å²) in [6, 6.07) is 16.6. The Balaban J connectivity index is 1.05. The number of para-hydroxylation sites is 1. The van der Waals surface area contributed by atoms with Gasteiger partial charge in [0.05, 0.1) is 54.8 Å². The van der Waals surface area contributed by atoms with Gasteiger partial charge in [0.25, 0.3) is 5.79 Å². The molecule has 2 atom stereocenters. The Morgan fingerprint density at radius 2 is 2.05 bits per heavy atom. The average Bonchev–Trinajstić information content (AvgIpc) is 3.46. The summed E-state index contributed by atoms with van der Waals surface area (Å²) in [4.78, 5) is 7.03. The molecule has 222 valence electrons. The molecule has 10 heteroatoms. The molecule has 0 saturated carbocycles. The lowest BCUT2D eigenvalue weighted by Crippen LogP contribution is -2.33. The van der Waals surface area contributed by atoms with Gasteiger partial charge in [-0.15, -0.1) is 0 Å². The van der Waals surface area contributed by atoms with Gasteiger partial charge >= 0.3 is 0 Å². The number of hydrogen-bond acceptors (Lipinski definition) is 7. The van der Waals surface area contributed by atoms with E-state index >= 15 is 0 Å². The number of ether oxygens (including phenoxy) is 4. The second kappa shape index (κ2) is 12.1. The summed E-state index contributed by atoms with van der Waals surface area (Å²) < 4.78 is 41.1. The number of nitrogens with zero attached hydrogens (tertiary/aromatic N) is 3. The molecule has 4 aromatic rings. The zero-order chi connectivity index (χ0) is 29.3. The molecular weight excluding hydrogens is 559 g/mol. The van der Waals surface area contributed by atoms with Crippen molar-refractivity contribution in [1.82, 2.24) is 14.9 Å². The third kappa shape index (κ3) is 5.79. The molecule has 42 heavy (non-hydrogen) atoms. The van der Waals surface area contributed by atoms with Crippen molar-refractivity contribution >= 4 is 28.3 Å². The van der Waals surface area contributed by atoms with Crippen LogP contribution in [0.3, 0.4) is 0 Å². The van der Waals surface area contributed by atoms with Crippen molar-refractivity contribution < 1.29 is 23.3 Å². The molecule has 2 aliphatic heterocycles. The first kappa shape index (κ1) is 28.7. The predicted octanol–water partition coefficient (Wildman–Crippen LogP) is 6.16. The van der Waals surface area contributed by atoms with Gasteiger partial charge in [-0.3, -0.25) is 5.32 Å². The fraction of sp³-hybridized carbons (Fsp3) is 0.406. The van der Waals surface area contributed by atoms with E-state index in [0.717, 1.165) is 48.7 Å². The molecule has 2 aliphatic rings. The van der Waals surface area contributed by atoms with Gasteiger partial charge in [-0.25, -0.2) is 9.37 Å². The molecule has 1 saturated heterocycles. The van der Waals surface area contributed by atoms with Gasteiger partial charge in [-0.1, -0.05) is 23.7 Å². The quantitative estimate of drug-likeness (QED) is 0.156. The summed E-state index contributed by atoms with van der Waals surface area (Å²) in [7, 11) is 0. The van der Waals surface area contributed by atoms with Gasteiger partial charge in [-0.2, -0.15) is 0 Å². The van der Waals surface area contributed by atoms with Crippen molar-refractivity contribution in [2.45, 2.75) is 52.2 Å². The van der Waals surface area contributed by atoms with Crippen LogP contribution in [0.5, 0.6) is 11.5 Å². The largest absolute Gasteiger partial charge is 0.444 e. The van der Waals surface area contributed by atoms with Gasteiger partial charge in [0, 0.05) is 31.6 Å². The number of fused-ring (bicyclic) bond motifs is 2. The zero-order valence-electron chi connectivity index (χ0n) is 24.2. The average molecular weight is 595 g/mol. The van der Waals surface area contributed by atoms with Crippen molar-refractivity contribution in [3.8, 4) is 11.5 Å². The van der Waals surface area contributed by atoms with Crippen LogP contribution in [0.4, 0.5) is 10.1 Å². The number of aromatic nitrogens is 2. The van der Waals surface area contributed by atoms with E-state index < -0.39 is 11.6 Å². The topological polar surface area (TPSA) is 70.0 Å². The first-order valence-electron chi connectivity index (χ1n) is 14.4. The van der Waals surface area contributed by atoms with Crippen molar-refractivity contribution in [1.29, 1.82) is 0 Å². The number of imidazole rings is 1. The van der Waals surface area contributed by atoms with E-state index in [2.05, 4.69) is 46.8 Å². The SMILES string of the molecule is CCN(CCOCNCc1nc2ccc(C)cc2n1CC1CCO1)c1cccc2c1OC(C)(c1ccc(Cl)cc1F)O2. The van der Waals surface area contributed by atoms with Gasteiger partial charge in [-0.05, 0) is 68.3 Å². The van der Waals surface area contributed by atoms with Gasteiger partial charge < -0.3 is 28.4 Å². The molecule has 1 fully saturated rings. The lowest BCUT2D eigenvalue weighted by molar-refractivity contribution is -0.0705. The number of rotatable bonds is 12. The summed E-state index contributed by atoms with van der Waals surface area (Å²) in [6.45, 7) is 10.4. The summed E-state index contributed by atoms with van der Waals surface area (Å²) >= 11 is 5.96. The highest BCUT2D eigenvalue weighted by atomic mass is 35.5. The van der Waals surface area contributed by atoms with E-state index in [4.69, 9.17) is 35.5 Å². The van der Waals surface area contributed by atoms with Crippen molar-refractivity contribution in [3.05, 3.63) is 82.4 Å². The Kier molecular flexibility index (Phi) is 8.27. The molecule has 2 unspecified atom stereocenters. The summed E-state index contributed by atoms with van der Waals surface area (Å²) in [5, 5.41) is 3.70. The van der Waals surface area contributed by atoms with Crippen molar-refractivity contribution in [2.75, 3.05) is 37.9 Å². The summed E-state index contributed by atoms with van der Waals surface area (Å²) in [5.41, 5.74) is 4.50. The van der Waals surface area contributed by atoms with Crippen LogP contribution in [0.1, 0.15) is 37.2 Å². The number of anilines is 1. The van der Waals surface area contributed by atoms with Gasteiger partial charge in [0.15, 0.2) is 11.5 Å². The Labute approximate surface area is 250 Å². The van der Waals surface area contributed by atoms with Crippen LogP contribution in [-0.4, -0.2) is 48.7 Å².